The zero-order valence-corrected chi connectivity index (χ0v) is 75.0. The molecule has 8 fully saturated rings. The highest BCUT2D eigenvalue weighted by Crippen LogP contribution is 2.47. The van der Waals surface area contributed by atoms with Gasteiger partial charge >= 0.3 is 0 Å². The van der Waals surface area contributed by atoms with Crippen molar-refractivity contribution in [3.63, 3.8) is 0 Å². The van der Waals surface area contributed by atoms with Crippen LogP contribution >= 0.6 is 0 Å². The highest BCUT2D eigenvalue weighted by Gasteiger charge is 2.41. The molecular weight excluding hydrogens is 1280 g/mol. The van der Waals surface area contributed by atoms with E-state index in [4.69, 9.17) is 0 Å². The molecule has 0 spiro atoms. The number of aliphatic hydroxyl groups is 8. The molecule has 104 heavy (non-hydrogen) atoms. The fraction of sp³-hybridized carbons (Fsp3) is 1.00. The molecule has 0 aliphatic heterocycles. The molecule has 0 heterocycles. The Morgan fingerprint density at radius 3 is 1.22 bits per heavy atom. The van der Waals surface area contributed by atoms with Gasteiger partial charge in [0, 0.05) is 0 Å². The Morgan fingerprint density at radius 2 is 0.721 bits per heavy atom. The maximum atomic E-state index is 10.2. The number of aliphatic hydroxyl groups excluding tert-OH is 8. The molecule has 8 N–H and O–H groups in total. The molecule has 0 aromatic heterocycles. The summed E-state index contributed by atoms with van der Waals surface area (Å²) in [4.78, 5) is 0. The molecule has 8 aliphatic rings. The third-order valence-electron chi connectivity index (χ3n) is 28.6. The lowest BCUT2D eigenvalue weighted by atomic mass is 9.65. The lowest BCUT2D eigenvalue weighted by Crippen LogP contribution is -2.40. The van der Waals surface area contributed by atoms with E-state index >= 15 is 0 Å². The largest absolute Gasteiger partial charge is 0.393 e. The second-order valence-electron chi connectivity index (χ2n) is 41.3. The molecule has 0 saturated heterocycles. The van der Waals surface area contributed by atoms with Gasteiger partial charge in [-0.1, -0.05) is 270 Å². The molecule has 8 rings (SSSR count). The second kappa shape index (κ2) is 52.9. The third kappa shape index (κ3) is 37.1. The molecule has 0 amide bonds. The van der Waals surface area contributed by atoms with Gasteiger partial charge in [0.05, 0.1) is 48.8 Å². The van der Waals surface area contributed by atoms with E-state index in [1.54, 1.807) is 0 Å². The summed E-state index contributed by atoms with van der Waals surface area (Å²) in [5, 5.41) is 79.4. The Kier molecular flexibility index (Phi) is 51.7. The van der Waals surface area contributed by atoms with Crippen LogP contribution in [0.25, 0.3) is 0 Å². The van der Waals surface area contributed by atoms with Crippen molar-refractivity contribution in [2.24, 2.45) is 141 Å². The maximum Gasteiger partial charge on any atom is 0.0601 e. The lowest BCUT2D eigenvalue weighted by Gasteiger charge is -2.42. The quantitative estimate of drug-likeness (QED) is 0.0673. The molecule has 624 valence electrons. The molecule has 24 unspecified atom stereocenters. The highest BCUT2D eigenvalue weighted by molar-refractivity contribution is 4.92. The van der Waals surface area contributed by atoms with Gasteiger partial charge in [0.2, 0.25) is 0 Å². The van der Waals surface area contributed by atoms with E-state index in [2.05, 4.69) is 187 Å². The fourth-order valence-electron chi connectivity index (χ4n) is 21.6. The van der Waals surface area contributed by atoms with Gasteiger partial charge in [-0.3, -0.25) is 0 Å². The Bertz CT molecular complexity index is 2010. The molecule has 0 bridgehead atoms. The van der Waals surface area contributed by atoms with Gasteiger partial charge in [-0.2, -0.15) is 0 Å². The van der Waals surface area contributed by atoms with Crippen molar-refractivity contribution in [3.8, 4) is 0 Å². The smallest absolute Gasteiger partial charge is 0.0601 e. The molecule has 8 saturated carbocycles. The van der Waals surface area contributed by atoms with Crippen LogP contribution in [0.3, 0.4) is 0 Å². The van der Waals surface area contributed by atoms with Gasteiger partial charge < -0.3 is 40.9 Å². The Labute approximate surface area is 651 Å². The van der Waals surface area contributed by atoms with Crippen molar-refractivity contribution in [1.82, 2.24) is 0 Å². The predicted molar refractivity (Wildman–Crippen MR) is 453 cm³/mol. The fourth-order valence-corrected chi connectivity index (χ4v) is 21.6. The van der Waals surface area contributed by atoms with Crippen LogP contribution in [0, 0.1) is 141 Å². The van der Waals surface area contributed by atoms with Crippen molar-refractivity contribution in [3.05, 3.63) is 0 Å². The monoisotopic (exact) mass is 1470 g/mol. The second-order valence-corrected chi connectivity index (χ2v) is 41.3. The molecule has 8 heteroatoms. The summed E-state index contributed by atoms with van der Waals surface area (Å²) in [7, 11) is 0. The van der Waals surface area contributed by atoms with Gasteiger partial charge in [-0.05, 0) is 295 Å². The standard InChI is InChI=1S/8C12H24O/c1-5-9-6-7-10(13)8-11(9)12(2,3)4;1-5-9-6-7-11(13)10(8-9)12(2,3)4;1-5-9-7-6-8-10(11(9)13)12(2,3)4;1-4-6-11-10(9(2)3)7-5-8-12(11)13;1-4-6-10-7-5-8-11(13)12(10)9(2)3;1-4-6-10-7-5-8-11(9(2)3)12(10)13;1-4-5-11-8-10(9(2)3)6-7-12(11)13;1-4-5-10-6-7-11(9(2)3)8-12(10)13/h3*9-11,13H,5-8H2,1-4H3;5*9-13H,4-8H2,1-3H3. The van der Waals surface area contributed by atoms with E-state index < -0.39 is 0 Å². The average molecular weight is 1470 g/mol. The van der Waals surface area contributed by atoms with E-state index in [-0.39, 0.29) is 59.7 Å². The first-order valence-electron chi connectivity index (χ1n) is 46.1. The van der Waals surface area contributed by atoms with Crippen LogP contribution in [0.5, 0.6) is 0 Å². The van der Waals surface area contributed by atoms with Crippen LogP contribution in [0.2, 0.25) is 0 Å². The number of hydrogen-bond acceptors (Lipinski definition) is 8. The summed E-state index contributed by atoms with van der Waals surface area (Å²) in [5.41, 5.74) is 0.905. The minimum atomic E-state index is -0.0567. The lowest BCUT2D eigenvalue weighted by molar-refractivity contribution is -0.0313. The maximum absolute atomic E-state index is 10.2. The molecule has 8 aliphatic carbocycles. The first kappa shape index (κ1) is 102. The molecule has 0 aromatic rings. The van der Waals surface area contributed by atoms with Crippen molar-refractivity contribution < 1.29 is 40.9 Å². The van der Waals surface area contributed by atoms with Gasteiger partial charge in [-0.15, -0.1) is 0 Å². The van der Waals surface area contributed by atoms with Crippen LogP contribution < -0.4 is 0 Å². The molecule has 8 nitrogen and oxygen atoms in total. The first-order valence-corrected chi connectivity index (χ1v) is 46.1. The van der Waals surface area contributed by atoms with Crippen LogP contribution in [-0.2, 0) is 0 Å². The van der Waals surface area contributed by atoms with Crippen LogP contribution in [-0.4, -0.2) is 89.7 Å². The van der Waals surface area contributed by atoms with E-state index in [9.17, 15) is 40.9 Å². The number of rotatable bonds is 18. The predicted octanol–water partition coefficient (Wildman–Crippen LogP) is 25.8. The van der Waals surface area contributed by atoms with Gasteiger partial charge in [0.25, 0.3) is 0 Å². The van der Waals surface area contributed by atoms with Crippen LogP contribution in [0.1, 0.15) is 425 Å². The summed E-state index contributed by atoms with van der Waals surface area (Å²) < 4.78 is 0. The van der Waals surface area contributed by atoms with E-state index in [0.29, 0.717) is 76.4 Å². The summed E-state index contributed by atoms with van der Waals surface area (Å²) >= 11 is 0. The Morgan fingerprint density at radius 1 is 0.279 bits per heavy atom. The third-order valence-corrected chi connectivity index (χ3v) is 28.6. The van der Waals surface area contributed by atoms with E-state index in [1.165, 1.54) is 186 Å². The minimum absolute atomic E-state index is 0.00468. The summed E-state index contributed by atoms with van der Waals surface area (Å²) in [6, 6.07) is 0. The van der Waals surface area contributed by atoms with E-state index in [0.717, 1.165) is 105 Å². The van der Waals surface area contributed by atoms with Crippen LogP contribution in [0.4, 0.5) is 0 Å². The van der Waals surface area contributed by atoms with Gasteiger partial charge in [-0.25, -0.2) is 0 Å². The zero-order valence-electron chi connectivity index (χ0n) is 75.0. The molecule has 24 atom stereocenters. The topological polar surface area (TPSA) is 162 Å². The minimum Gasteiger partial charge on any atom is -0.393 e. The van der Waals surface area contributed by atoms with Gasteiger partial charge in [0.1, 0.15) is 0 Å². The normalized spacial score (nSPS) is 35.7. The van der Waals surface area contributed by atoms with Crippen molar-refractivity contribution in [1.29, 1.82) is 0 Å². The highest BCUT2D eigenvalue weighted by atomic mass is 16.3. The summed E-state index contributed by atoms with van der Waals surface area (Å²) in [5.74, 6) is 14.2. The molecular formula is C96H192O8. The van der Waals surface area contributed by atoms with Crippen molar-refractivity contribution in [2.75, 3.05) is 0 Å². The van der Waals surface area contributed by atoms with Crippen molar-refractivity contribution >= 4 is 0 Å². The summed E-state index contributed by atoms with van der Waals surface area (Å²) in [6.07, 6.45) is 44.4. The Hall–Kier alpha value is -0.320. The zero-order chi connectivity index (χ0) is 79.4. The average Bonchev–Trinajstić information content (AvgIpc) is 1.02. The molecule has 0 radical (unpaired) electrons. The SMILES string of the molecule is CCC1CCC(O)C(C(C)(C)C)C1.CCC1CCC(O)CC1C(C)(C)C.CCC1CCCC(C(C)(C)C)C1O.CCCC1C(O)CCCC1C(C)C.CCCC1CC(C(C)C)CCC1O.CCCC1CCC(C(C)C)CC1O.CCCC1CCCC(C(C)C)C1O.CCCC1CCCC(O)C1C(C)C. The van der Waals surface area contributed by atoms with Crippen molar-refractivity contribution in [2.45, 2.75) is 473 Å². The first-order chi connectivity index (χ1) is 48.6. The van der Waals surface area contributed by atoms with Crippen LogP contribution in [0.15, 0.2) is 0 Å². The van der Waals surface area contributed by atoms with Gasteiger partial charge in [0.15, 0.2) is 0 Å². The Balaban J connectivity index is 0.000000594. The number of hydrogen-bond donors (Lipinski definition) is 8. The summed E-state index contributed by atoms with van der Waals surface area (Å²) in [6.45, 7) is 61.0. The van der Waals surface area contributed by atoms with E-state index in [1.807, 2.05) is 0 Å². The molecule has 0 aromatic carbocycles.